The second kappa shape index (κ2) is 3.13. The van der Waals surface area contributed by atoms with Gasteiger partial charge in [-0.25, -0.2) is 4.98 Å². The van der Waals surface area contributed by atoms with Crippen LogP contribution in [0.5, 0.6) is 0 Å². The van der Waals surface area contributed by atoms with Crippen molar-refractivity contribution in [1.82, 2.24) is 15.2 Å². The minimum absolute atomic E-state index is 0.680. The first-order valence-corrected chi connectivity index (χ1v) is 5.34. The van der Waals surface area contributed by atoms with Crippen LogP contribution in [-0.4, -0.2) is 15.2 Å². The van der Waals surface area contributed by atoms with E-state index in [9.17, 15) is 0 Å². The summed E-state index contributed by atoms with van der Waals surface area (Å²) in [5, 5.41) is 8.72. The number of rotatable bonds is 1. The average Bonchev–Trinajstić information content (AvgIpc) is 2.82. The van der Waals surface area contributed by atoms with Crippen LogP contribution in [0.25, 0.3) is 21.7 Å². The van der Waals surface area contributed by atoms with Crippen LogP contribution in [0.1, 0.15) is 5.89 Å². The standard InChI is InChI=1S/C10H7N3OS/c1-6-12-8-4-7(2-3-9(8)14-6)10-13-11-5-15-10/h2-5H,1H3. The molecule has 0 fully saturated rings. The lowest BCUT2D eigenvalue weighted by Gasteiger charge is -1.93. The second-order valence-electron chi connectivity index (χ2n) is 3.16. The fourth-order valence-electron chi connectivity index (χ4n) is 1.47. The highest BCUT2D eigenvalue weighted by Crippen LogP contribution is 2.25. The Morgan fingerprint density at radius 2 is 2.27 bits per heavy atom. The van der Waals surface area contributed by atoms with Crippen molar-refractivity contribution in [3.05, 3.63) is 29.6 Å². The fraction of sp³-hybridized carbons (Fsp3) is 0.100. The Labute approximate surface area is 89.6 Å². The Morgan fingerprint density at radius 1 is 1.33 bits per heavy atom. The molecule has 3 aromatic rings. The number of aryl methyl sites for hydroxylation is 1. The minimum Gasteiger partial charge on any atom is -0.441 e. The zero-order chi connectivity index (χ0) is 10.3. The van der Waals surface area contributed by atoms with Gasteiger partial charge in [0, 0.05) is 12.5 Å². The van der Waals surface area contributed by atoms with Crippen LogP contribution in [0.3, 0.4) is 0 Å². The highest BCUT2D eigenvalue weighted by Gasteiger charge is 2.06. The third-order valence-electron chi connectivity index (χ3n) is 2.10. The van der Waals surface area contributed by atoms with E-state index in [1.54, 1.807) is 5.51 Å². The summed E-state index contributed by atoms with van der Waals surface area (Å²) in [7, 11) is 0. The number of nitrogens with zero attached hydrogens (tertiary/aromatic N) is 3. The number of hydrogen-bond donors (Lipinski definition) is 0. The molecule has 0 radical (unpaired) electrons. The first kappa shape index (κ1) is 8.55. The van der Waals surface area contributed by atoms with Crippen LogP contribution in [0, 0.1) is 6.92 Å². The molecule has 0 spiro atoms. The van der Waals surface area contributed by atoms with Gasteiger partial charge in [0.2, 0.25) is 0 Å². The molecular formula is C10H7N3OS. The van der Waals surface area contributed by atoms with E-state index in [1.165, 1.54) is 11.3 Å². The zero-order valence-electron chi connectivity index (χ0n) is 7.97. The molecule has 0 aliphatic carbocycles. The van der Waals surface area contributed by atoms with Gasteiger partial charge >= 0.3 is 0 Å². The highest BCUT2D eigenvalue weighted by atomic mass is 32.1. The Balaban J connectivity index is 2.21. The van der Waals surface area contributed by atoms with E-state index in [1.807, 2.05) is 25.1 Å². The molecule has 0 saturated carbocycles. The van der Waals surface area contributed by atoms with Crippen molar-refractivity contribution in [3.8, 4) is 10.6 Å². The summed E-state index contributed by atoms with van der Waals surface area (Å²) in [6.45, 7) is 1.84. The average molecular weight is 217 g/mol. The molecule has 0 saturated heterocycles. The molecule has 0 aliphatic rings. The Bertz CT molecular complexity index is 600. The van der Waals surface area contributed by atoms with E-state index in [-0.39, 0.29) is 0 Å². The zero-order valence-corrected chi connectivity index (χ0v) is 8.78. The van der Waals surface area contributed by atoms with Gasteiger partial charge in [-0.2, -0.15) is 0 Å². The molecule has 74 valence electrons. The van der Waals surface area contributed by atoms with Crippen molar-refractivity contribution >= 4 is 22.4 Å². The Morgan fingerprint density at radius 3 is 3.07 bits per heavy atom. The van der Waals surface area contributed by atoms with Crippen molar-refractivity contribution in [1.29, 1.82) is 0 Å². The van der Waals surface area contributed by atoms with E-state index < -0.39 is 0 Å². The maximum absolute atomic E-state index is 5.40. The lowest BCUT2D eigenvalue weighted by atomic mass is 10.2. The summed E-state index contributed by atoms with van der Waals surface area (Å²) in [6.07, 6.45) is 0. The molecule has 0 atom stereocenters. The van der Waals surface area contributed by atoms with Gasteiger partial charge in [0.15, 0.2) is 11.5 Å². The van der Waals surface area contributed by atoms with Gasteiger partial charge in [-0.05, 0) is 18.2 Å². The Kier molecular flexibility index (Phi) is 1.78. The van der Waals surface area contributed by atoms with E-state index in [2.05, 4.69) is 15.2 Å². The van der Waals surface area contributed by atoms with E-state index >= 15 is 0 Å². The predicted molar refractivity (Wildman–Crippen MR) is 57.6 cm³/mol. The van der Waals surface area contributed by atoms with Crippen LogP contribution in [0.15, 0.2) is 28.1 Å². The van der Waals surface area contributed by atoms with Gasteiger partial charge < -0.3 is 4.42 Å². The predicted octanol–water partition coefficient (Wildman–Crippen LogP) is 2.65. The second-order valence-corrected chi connectivity index (χ2v) is 3.99. The van der Waals surface area contributed by atoms with Crippen LogP contribution in [0.2, 0.25) is 0 Å². The lowest BCUT2D eigenvalue weighted by Crippen LogP contribution is -1.77. The molecule has 1 aromatic carbocycles. The van der Waals surface area contributed by atoms with Crippen LogP contribution >= 0.6 is 11.3 Å². The van der Waals surface area contributed by atoms with Gasteiger partial charge in [0.05, 0.1) is 0 Å². The number of oxazole rings is 1. The minimum atomic E-state index is 0.680. The first-order chi connectivity index (χ1) is 7.33. The molecule has 0 unspecified atom stereocenters. The van der Waals surface area contributed by atoms with Crippen molar-refractivity contribution in [3.63, 3.8) is 0 Å². The summed E-state index contributed by atoms with van der Waals surface area (Å²) >= 11 is 1.51. The van der Waals surface area contributed by atoms with Gasteiger partial charge in [0.25, 0.3) is 0 Å². The number of benzene rings is 1. The topological polar surface area (TPSA) is 51.8 Å². The third kappa shape index (κ3) is 1.41. The molecule has 0 N–H and O–H groups in total. The maximum Gasteiger partial charge on any atom is 0.192 e. The highest BCUT2D eigenvalue weighted by molar-refractivity contribution is 7.12. The first-order valence-electron chi connectivity index (χ1n) is 4.47. The molecule has 0 bridgehead atoms. The molecule has 0 amide bonds. The van der Waals surface area contributed by atoms with E-state index in [4.69, 9.17) is 4.42 Å². The van der Waals surface area contributed by atoms with Crippen molar-refractivity contribution < 1.29 is 4.42 Å². The SMILES string of the molecule is Cc1nc2cc(-c3nncs3)ccc2o1. The summed E-state index contributed by atoms with van der Waals surface area (Å²) in [6, 6.07) is 5.84. The number of aromatic nitrogens is 3. The molecular weight excluding hydrogens is 210 g/mol. The van der Waals surface area contributed by atoms with E-state index in [0.29, 0.717) is 5.89 Å². The van der Waals surface area contributed by atoms with Crippen LogP contribution in [-0.2, 0) is 0 Å². The van der Waals surface area contributed by atoms with Gasteiger partial charge in [0.1, 0.15) is 16.0 Å². The van der Waals surface area contributed by atoms with Crippen molar-refractivity contribution in [2.75, 3.05) is 0 Å². The summed E-state index contributed by atoms with van der Waals surface area (Å²) < 4.78 is 5.40. The molecule has 4 nitrogen and oxygen atoms in total. The third-order valence-corrected chi connectivity index (χ3v) is 2.84. The summed E-state index contributed by atoms with van der Waals surface area (Å²) in [5.74, 6) is 0.680. The van der Waals surface area contributed by atoms with Crippen molar-refractivity contribution in [2.45, 2.75) is 6.92 Å². The quantitative estimate of drug-likeness (QED) is 0.628. The number of hydrogen-bond acceptors (Lipinski definition) is 5. The molecule has 2 heterocycles. The smallest absolute Gasteiger partial charge is 0.192 e. The number of fused-ring (bicyclic) bond motifs is 1. The molecule has 0 aliphatic heterocycles. The fourth-order valence-corrected chi connectivity index (χ4v) is 2.03. The van der Waals surface area contributed by atoms with Gasteiger partial charge in [-0.15, -0.1) is 10.2 Å². The van der Waals surface area contributed by atoms with E-state index in [0.717, 1.165) is 21.7 Å². The van der Waals surface area contributed by atoms with Gasteiger partial charge in [-0.1, -0.05) is 11.3 Å². The molecule has 5 heteroatoms. The van der Waals surface area contributed by atoms with Crippen molar-refractivity contribution in [2.24, 2.45) is 0 Å². The normalized spacial score (nSPS) is 11.0. The van der Waals surface area contributed by atoms with Crippen LogP contribution < -0.4 is 0 Å². The maximum atomic E-state index is 5.40. The molecule has 2 aromatic heterocycles. The van der Waals surface area contributed by atoms with Gasteiger partial charge in [-0.3, -0.25) is 0 Å². The lowest BCUT2D eigenvalue weighted by molar-refractivity contribution is 0.561. The summed E-state index contributed by atoms with van der Waals surface area (Å²) in [5.41, 5.74) is 4.41. The summed E-state index contributed by atoms with van der Waals surface area (Å²) in [4.78, 5) is 4.27. The molecule has 3 rings (SSSR count). The molecule has 15 heavy (non-hydrogen) atoms. The largest absolute Gasteiger partial charge is 0.441 e. The Hall–Kier alpha value is -1.75. The van der Waals surface area contributed by atoms with Crippen LogP contribution in [0.4, 0.5) is 0 Å². The monoisotopic (exact) mass is 217 g/mol.